The standard InChI is InChI=1S/C25H25.C11H17.C9H10.2ClH.Zr/c1-14-12-24(3,4)22-8-16-7-17-9-23-19(15(2)13-25(23,5)6)11-21(17)20(16)10-18(14)22;1-8-6-9(2)10(7-8)11(3,4)5;1-3-9-6-4-8(2)5-7-9;;;/h7-13H,1-6H3;7-8H,1-5H3;4-7H,1-2H3;2*1H;/q2*-1;;;;+2/p-2. The van der Waals surface area contributed by atoms with Gasteiger partial charge in [-0.15, -0.1) is 39.7 Å². The molecule has 3 aliphatic carbocycles. The Labute approximate surface area is 318 Å². The molecular formula is C45H52Cl2Zr-2. The molecule has 7 rings (SSSR count). The predicted molar refractivity (Wildman–Crippen MR) is 200 cm³/mol. The molecule has 0 N–H and O–H groups in total. The third-order valence-electron chi connectivity index (χ3n) is 9.93. The minimum atomic E-state index is 0. The van der Waals surface area contributed by atoms with E-state index in [4.69, 9.17) is 0 Å². The summed E-state index contributed by atoms with van der Waals surface area (Å²) < 4.78 is 1.46. The maximum absolute atomic E-state index is 3.40. The Morgan fingerprint density at radius 3 is 1.52 bits per heavy atom. The molecule has 0 bridgehead atoms. The molecule has 3 heteroatoms. The molecule has 0 aromatic heterocycles. The van der Waals surface area contributed by atoms with E-state index in [9.17, 15) is 0 Å². The van der Waals surface area contributed by atoms with Gasteiger partial charge in [0.2, 0.25) is 0 Å². The van der Waals surface area contributed by atoms with E-state index in [1.807, 2.05) is 0 Å². The molecule has 0 spiro atoms. The smallest absolute Gasteiger partial charge is 1.00 e. The van der Waals surface area contributed by atoms with Crippen molar-refractivity contribution in [3.8, 4) is 0 Å². The Hall–Kier alpha value is -2.18. The van der Waals surface area contributed by atoms with Gasteiger partial charge in [0.05, 0.1) is 0 Å². The number of allylic oxidation sites excluding steroid dienone is 8. The SMILES string of the molecule is CC1=CC(C)(C)c2cc3[cH-]c4cc5c(cc4c3cc21)C(C)=CC5(C)C.CC1=[C-]C(C)C=C1C(C)(C)C.C[C](=[Zr+2])c1ccc(C)cc1.[Cl-].[Cl-]. The van der Waals surface area contributed by atoms with Crippen LogP contribution in [-0.2, 0) is 35.1 Å². The van der Waals surface area contributed by atoms with Crippen LogP contribution < -0.4 is 24.8 Å². The van der Waals surface area contributed by atoms with Crippen LogP contribution in [0.4, 0.5) is 0 Å². The second-order valence-electron chi connectivity index (χ2n) is 16.1. The molecule has 4 aromatic rings. The quantitative estimate of drug-likeness (QED) is 0.194. The number of hydrogen-bond donors (Lipinski definition) is 0. The fraction of sp³-hybridized carbons (Fsp3) is 0.378. The average molecular weight is 755 g/mol. The van der Waals surface area contributed by atoms with Gasteiger partial charge in [-0.25, -0.2) is 5.57 Å². The van der Waals surface area contributed by atoms with Crippen LogP contribution in [0.25, 0.3) is 32.7 Å². The van der Waals surface area contributed by atoms with Crippen molar-refractivity contribution in [3.63, 3.8) is 0 Å². The van der Waals surface area contributed by atoms with Gasteiger partial charge < -0.3 is 24.8 Å². The van der Waals surface area contributed by atoms with E-state index in [-0.39, 0.29) is 35.6 Å². The van der Waals surface area contributed by atoms with E-state index < -0.39 is 0 Å². The zero-order valence-corrected chi connectivity index (χ0v) is 35.2. The summed E-state index contributed by atoms with van der Waals surface area (Å²) in [4.78, 5) is 0. The van der Waals surface area contributed by atoms with E-state index >= 15 is 0 Å². The second kappa shape index (κ2) is 14.6. The van der Waals surface area contributed by atoms with E-state index in [0.29, 0.717) is 11.3 Å². The molecule has 48 heavy (non-hydrogen) atoms. The molecule has 3 aliphatic rings. The Bertz CT molecular complexity index is 1890. The summed E-state index contributed by atoms with van der Waals surface area (Å²) in [7, 11) is 0. The first-order chi connectivity index (χ1) is 21.3. The van der Waals surface area contributed by atoms with Gasteiger partial charge in [-0.05, 0) is 36.1 Å². The van der Waals surface area contributed by atoms with Crippen molar-refractivity contribution >= 4 is 35.9 Å². The van der Waals surface area contributed by atoms with Crippen LogP contribution >= 0.6 is 0 Å². The van der Waals surface area contributed by atoms with Gasteiger partial charge in [-0.3, -0.25) is 6.08 Å². The number of halogens is 2. The fourth-order valence-electron chi connectivity index (χ4n) is 7.67. The van der Waals surface area contributed by atoms with Crippen molar-refractivity contribution in [1.29, 1.82) is 0 Å². The number of aryl methyl sites for hydroxylation is 1. The van der Waals surface area contributed by atoms with Crippen molar-refractivity contribution in [2.45, 2.75) is 101 Å². The summed E-state index contributed by atoms with van der Waals surface area (Å²) in [5.41, 5.74) is 14.7. The van der Waals surface area contributed by atoms with Crippen molar-refractivity contribution in [2.24, 2.45) is 11.3 Å². The van der Waals surface area contributed by atoms with Crippen molar-refractivity contribution < 1.29 is 49.0 Å². The monoisotopic (exact) mass is 752 g/mol. The van der Waals surface area contributed by atoms with Crippen LogP contribution in [0.15, 0.2) is 84.0 Å². The first kappa shape index (κ1) is 40.3. The zero-order valence-electron chi connectivity index (χ0n) is 31.3. The Morgan fingerprint density at radius 2 is 1.19 bits per heavy atom. The van der Waals surface area contributed by atoms with Crippen LogP contribution in [0, 0.1) is 24.3 Å². The van der Waals surface area contributed by atoms with Gasteiger partial charge in [0.1, 0.15) is 0 Å². The summed E-state index contributed by atoms with van der Waals surface area (Å²) in [5, 5.41) is 5.57. The molecule has 0 saturated heterocycles. The van der Waals surface area contributed by atoms with E-state index in [1.165, 1.54) is 105 Å². The molecule has 0 radical (unpaired) electrons. The minimum absolute atomic E-state index is 0. The molecule has 1 atom stereocenters. The van der Waals surface area contributed by atoms with Gasteiger partial charge >= 0.3 is 76.7 Å². The van der Waals surface area contributed by atoms with E-state index in [1.54, 1.807) is 0 Å². The molecule has 0 saturated carbocycles. The van der Waals surface area contributed by atoms with Crippen LogP contribution in [0.5, 0.6) is 0 Å². The molecule has 0 nitrogen and oxygen atoms in total. The average Bonchev–Trinajstić information content (AvgIpc) is 3.62. The minimum Gasteiger partial charge on any atom is -1.00 e. The third kappa shape index (κ3) is 8.06. The first-order valence-corrected chi connectivity index (χ1v) is 18.1. The third-order valence-corrected chi connectivity index (χ3v) is 10.6. The van der Waals surface area contributed by atoms with E-state index in [2.05, 4.69) is 169 Å². The molecule has 0 aliphatic heterocycles. The van der Waals surface area contributed by atoms with Crippen LogP contribution in [0.1, 0.15) is 116 Å². The van der Waals surface area contributed by atoms with Gasteiger partial charge in [0.25, 0.3) is 0 Å². The number of benzene rings is 3. The van der Waals surface area contributed by atoms with E-state index in [0.717, 1.165) is 0 Å². The molecule has 0 amide bonds. The van der Waals surface area contributed by atoms with Crippen molar-refractivity contribution in [2.75, 3.05) is 0 Å². The zero-order chi connectivity index (χ0) is 33.9. The van der Waals surface area contributed by atoms with Gasteiger partial charge in [-0.2, -0.15) is 11.6 Å². The van der Waals surface area contributed by atoms with Crippen LogP contribution in [0.2, 0.25) is 0 Å². The van der Waals surface area contributed by atoms with Gasteiger partial charge in [0, 0.05) is 10.8 Å². The van der Waals surface area contributed by atoms with Crippen molar-refractivity contribution in [3.05, 3.63) is 123 Å². The predicted octanol–water partition coefficient (Wildman–Crippen LogP) is 6.55. The molecule has 0 fully saturated rings. The fourth-order valence-corrected chi connectivity index (χ4v) is 8.08. The molecule has 252 valence electrons. The topological polar surface area (TPSA) is 0 Å². The number of fused-ring (bicyclic) bond motifs is 5. The molecule has 0 heterocycles. The summed E-state index contributed by atoms with van der Waals surface area (Å²) in [6, 6.07) is 20.8. The summed E-state index contributed by atoms with van der Waals surface area (Å²) in [5.74, 6) is 0.518. The van der Waals surface area contributed by atoms with Gasteiger partial charge in [-0.1, -0.05) is 109 Å². The second-order valence-corrected chi connectivity index (χ2v) is 17.9. The maximum atomic E-state index is 3.40. The first-order valence-electron chi connectivity index (χ1n) is 16.9. The molecular weight excluding hydrogens is 703 g/mol. The Balaban J connectivity index is 0.000000228. The van der Waals surface area contributed by atoms with Crippen molar-refractivity contribution in [1.82, 2.24) is 0 Å². The molecule has 4 aromatic carbocycles. The largest absolute Gasteiger partial charge is 1.00 e. The van der Waals surface area contributed by atoms with Crippen LogP contribution in [0.3, 0.4) is 0 Å². The number of hydrogen-bond acceptors (Lipinski definition) is 0. The number of rotatable bonds is 1. The Kier molecular flexibility index (Phi) is 12.2. The summed E-state index contributed by atoms with van der Waals surface area (Å²) in [6.45, 7) is 29.2. The molecule has 1 unspecified atom stereocenters. The van der Waals surface area contributed by atoms with Crippen LogP contribution in [-0.4, -0.2) is 3.21 Å². The Morgan fingerprint density at radius 1 is 0.750 bits per heavy atom. The normalized spacial score (nSPS) is 18.1. The van der Waals surface area contributed by atoms with Gasteiger partial charge in [0.15, 0.2) is 0 Å². The summed E-state index contributed by atoms with van der Waals surface area (Å²) >= 11 is 1.51. The maximum Gasteiger partial charge on any atom is -1.00 e. The summed E-state index contributed by atoms with van der Waals surface area (Å²) in [6.07, 6.45) is 10.5.